The normalized spacial score (nSPS) is 26.7. The third-order valence-corrected chi connectivity index (χ3v) is 5.38. The van der Waals surface area contributed by atoms with Gasteiger partial charge in [-0.05, 0) is 44.4 Å². The highest BCUT2D eigenvalue weighted by molar-refractivity contribution is 9.10. The van der Waals surface area contributed by atoms with Gasteiger partial charge >= 0.3 is 0 Å². The van der Waals surface area contributed by atoms with Crippen LogP contribution >= 0.6 is 15.9 Å². The van der Waals surface area contributed by atoms with E-state index in [2.05, 4.69) is 64.3 Å². The Morgan fingerprint density at radius 2 is 2.12 bits per heavy atom. The smallest absolute Gasteiger partial charge is 0.194 e. The number of benzene rings is 1. The summed E-state index contributed by atoms with van der Waals surface area (Å²) in [5, 5.41) is 3.70. The number of rotatable bonds is 6. The number of aliphatic imine (C=N–C) groups is 1. The molecule has 1 aliphatic heterocycles. The van der Waals surface area contributed by atoms with Crippen LogP contribution in [0.4, 0.5) is 0 Å². The Morgan fingerprint density at radius 3 is 2.83 bits per heavy atom. The molecule has 0 spiro atoms. The fraction of sp³-hybridized carbons (Fsp3) is 0.632. The van der Waals surface area contributed by atoms with E-state index < -0.39 is 0 Å². The van der Waals surface area contributed by atoms with Gasteiger partial charge in [0.05, 0.1) is 6.61 Å². The minimum atomic E-state index is 0.516. The zero-order valence-electron chi connectivity index (χ0n) is 14.7. The van der Waals surface area contributed by atoms with E-state index in [1.165, 1.54) is 18.4 Å². The van der Waals surface area contributed by atoms with Crippen LogP contribution < -0.4 is 5.32 Å². The molecule has 1 N–H and O–H groups in total. The van der Waals surface area contributed by atoms with E-state index in [0.29, 0.717) is 17.9 Å². The van der Waals surface area contributed by atoms with Crippen LogP contribution in [0.25, 0.3) is 0 Å². The summed E-state index contributed by atoms with van der Waals surface area (Å²) < 4.78 is 6.73. The van der Waals surface area contributed by atoms with E-state index in [1.807, 2.05) is 0 Å². The van der Waals surface area contributed by atoms with Gasteiger partial charge in [-0.1, -0.05) is 28.1 Å². The molecule has 5 heteroatoms. The molecule has 1 aliphatic carbocycles. The first-order valence-electron chi connectivity index (χ1n) is 9.10. The molecule has 3 atom stereocenters. The minimum Gasteiger partial charge on any atom is -0.381 e. The molecule has 2 fully saturated rings. The molecule has 3 rings (SSSR count). The Hall–Kier alpha value is -1.07. The van der Waals surface area contributed by atoms with Gasteiger partial charge in [0.15, 0.2) is 5.96 Å². The fourth-order valence-electron chi connectivity index (χ4n) is 3.43. The van der Waals surface area contributed by atoms with Gasteiger partial charge in [0.2, 0.25) is 0 Å². The van der Waals surface area contributed by atoms with Gasteiger partial charge < -0.3 is 15.0 Å². The molecular formula is C19H28BrN3O. The fourth-order valence-corrected chi connectivity index (χ4v) is 3.70. The lowest BCUT2D eigenvalue weighted by atomic mass is 10.1. The average molecular weight is 394 g/mol. The van der Waals surface area contributed by atoms with E-state index in [-0.39, 0.29) is 0 Å². The molecule has 1 aromatic rings. The number of guanidine groups is 1. The zero-order valence-corrected chi connectivity index (χ0v) is 16.3. The number of hydrogen-bond acceptors (Lipinski definition) is 2. The monoisotopic (exact) mass is 393 g/mol. The first-order valence-corrected chi connectivity index (χ1v) is 9.89. The number of halogens is 1. The molecule has 1 heterocycles. The van der Waals surface area contributed by atoms with Crippen molar-refractivity contribution < 1.29 is 4.74 Å². The van der Waals surface area contributed by atoms with Crippen LogP contribution in [0.15, 0.2) is 33.7 Å². The standard InChI is InChI=1S/C19H28BrN3O/c1-3-21-19(23-10-9-14(12-23)13-24-4-2)22-18-11-17(18)15-5-7-16(20)8-6-15/h5-8,14,17-18H,3-4,9-13H2,1-2H3,(H,21,22). The lowest BCUT2D eigenvalue weighted by molar-refractivity contribution is 0.114. The van der Waals surface area contributed by atoms with Crippen molar-refractivity contribution in [1.82, 2.24) is 10.2 Å². The Balaban J connectivity index is 1.54. The predicted octanol–water partition coefficient (Wildman–Crippen LogP) is 3.63. The second kappa shape index (κ2) is 8.34. The SMILES string of the molecule is CCN=C(NC1CC1c1ccc(Br)cc1)N1CCC(COCC)C1. The van der Waals surface area contributed by atoms with Crippen molar-refractivity contribution in [2.45, 2.75) is 38.6 Å². The first-order chi connectivity index (χ1) is 11.7. The molecule has 24 heavy (non-hydrogen) atoms. The molecule has 1 saturated carbocycles. The van der Waals surface area contributed by atoms with Crippen molar-refractivity contribution in [3.05, 3.63) is 34.3 Å². The molecule has 0 bridgehead atoms. The molecule has 3 unspecified atom stereocenters. The summed E-state index contributed by atoms with van der Waals surface area (Å²) in [6, 6.07) is 9.22. The van der Waals surface area contributed by atoms with Crippen molar-refractivity contribution in [1.29, 1.82) is 0 Å². The van der Waals surface area contributed by atoms with Crippen molar-refractivity contribution in [2.75, 3.05) is 32.8 Å². The highest BCUT2D eigenvalue weighted by Gasteiger charge is 2.40. The Morgan fingerprint density at radius 1 is 1.33 bits per heavy atom. The maximum atomic E-state index is 5.59. The summed E-state index contributed by atoms with van der Waals surface area (Å²) in [4.78, 5) is 7.13. The molecule has 0 radical (unpaired) electrons. The summed E-state index contributed by atoms with van der Waals surface area (Å²) in [7, 11) is 0. The number of likely N-dealkylation sites (tertiary alicyclic amines) is 1. The molecule has 0 amide bonds. The van der Waals surface area contributed by atoms with Gasteiger partial charge in [-0.2, -0.15) is 0 Å². The van der Waals surface area contributed by atoms with Gasteiger partial charge in [0.25, 0.3) is 0 Å². The van der Waals surface area contributed by atoms with E-state index in [1.54, 1.807) is 0 Å². The van der Waals surface area contributed by atoms with Gasteiger partial charge in [0.1, 0.15) is 0 Å². The van der Waals surface area contributed by atoms with E-state index in [4.69, 9.17) is 9.73 Å². The predicted molar refractivity (Wildman–Crippen MR) is 103 cm³/mol. The van der Waals surface area contributed by atoms with Crippen LogP contribution in [0.1, 0.15) is 38.2 Å². The lowest BCUT2D eigenvalue weighted by Crippen LogP contribution is -2.42. The van der Waals surface area contributed by atoms with Crippen molar-refractivity contribution in [2.24, 2.45) is 10.9 Å². The van der Waals surface area contributed by atoms with Gasteiger partial charge in [0, 0.05) is 48.6 Å². The molecule has 4 nitrogen and oxygen atoms in total. The highest BCUT2D eigenvalue weighted by atomic mass is 79.9. The molecular weight excluding hydrogens is 366 g/mol. The number of hydrogen-bond donors (Lipinski definition) is 1. The van der Waals surface area contributed by atoms with Crippen molar-refractivity contribution >= 4 is 21.9 Å². The zero-order chi connectivity index (χ0) is 16.9. The first kappa shape index (κ1) is 17.7. The van der Waals surface area contributed by atoms with E-state index >= 15 is 0 Å². The van der Waals surface area contributed by atoms with Crippen molar-refractivity contribution in [3.8, 4) is 0 Å². The average Bonchev–Trinajstić information content (AvgIpc) is 3.19. The van der Waals surface area contributed by atoms with E-state index in [9.17, 15) is 0 Å². The van der Waals surface area contributed by atoms with Crippen LogP contribution in [0.2, 0.25) is 0 Å². The van der Waals surface area contributed by atoms with Gasteiger partial charge in [-0.3, -0.25) is 4.99 Å². The van der Waals surface area contributed by atoms with Gasteiger partial charge in [-0.25, -0.2) is 0 Å². The van der Waals surface area contributed by atoms with Crippen LogP contribution in [-0.2, 0) is 4.74 Å². The topological polar surface area (TPSA) is 36.9 Å². The van der Waals surface area contributed by atoms with Gasteiger partial charge in [-0.15, -0.1) is 0 Å². The largest absolute Gasteiger partial charge is 0.381 e. The molecule has 2 aliphatic rings. The summed E-state index contributed by atoms with van der Waals surface area (Å²) in [6.45, 7) is 8.81. The van der Waals surface area contributed by atoms with Crippen LogP contribution in [0, 0.1) is 5.92 Å². The maximum Gasteiger partial charge on any atom is 0.194 e. The lowest BCUT2D eigenvalue weighted by Gasteiger charge is -2.22. The summed E-state index contributed by atoms with van der Waals surface area (Å²) in [5.41, 5.74) is 1.42. The second-order valence-electron chi connectivity index (χ2n) is 6.70. The van der Waals surface area contributed by atoms with Crippen LogP contribution in [0.3, 0.4) is 0 Å². The third kappa shape index (κ3) is 4.51. The molecule has 1 aromatic carbocycles. The molecule has 0 aromatic heterocycles. The van der Waals surface area contributed by atoms with Crippen molar-refractivity contribution in [3.63, 3.8) is 0 Å². The summed E-state index contributed by atoms with van der Waals surface area (Å²) >= 11 is 3.51. The van der Waals surface area contributed by atoms with Crippen LogP contribution in [-0.4, -0.2) is 49.7 Å². The minimum absolute atomic E-state index is 0.516. The van der Waals surface area contributed by atoms with E-state index in [0.717, 1.165) is 43.3 Å². The quantitative estimate of drug-likeness (QED) is 0.592. The molecule has 1 saturated heterocycles. The number of nitrogens with zero attached hydrogens (tertiary/aromatic N) is 2. The summed E-state index contributed by atoms with van der Waals surface area (Å²) in [5.74, 6) is 2.33. The highest BCUT2D eigenvalue weighted by Crippen LogP contribution is 2.41. The number of nitrogens with one attached hydrogen (secondary N) is 1. The molecule has 132 valence electrons. The maximum absolute atomic E-state index is 5.59. The third-order valence-electron chi connectivity index (χ3n) is 4.85. The summed E-state index contributed by atoms with van der Waals surface area (Å²) in [6.07, 6.45) is 2.39. The Kier molecular flexibility index (Phi) is 6.17. The Labute approximate surface area is 153 Å². The number of ether oxygens (including phenoxy) is 1. The van der Waals surface area contributed by atoms with Crippen LogP contribution in [0.5, 0.6) is 0 Å². The second-order valence-corrected chi connectivity index (χ2v) is 7.62. The Bertz CT molecular complexity index is 560.